The molecule has 0 amide bonds. The fraction of sp³-hybridized carbons (Fsp3) is 0.909. The number of hydrogen-bond donors (Lipinski definition) is 1. The van der Waals surface area contributed by atoms with E-state index in [1.807, 2.05) is 0 Å². The van der Waals surface area contributed by atoms with Gasteiger partial charge >= 0.3 is 5.97 Å². The van der Waals surface area contributed by atoms with Crippen molar-refractivity contribution in [2.45, 2.75) is 38.3 Å². The zero-order valence-corrected chi connectivity index (χ0v) is 9.37. The number of nitrogens with zero attached hydrogens (tertiary/aromatic N) is 1. The van der Waals surface area contributed by atoms with E-state index in [9.17, 15) is 4.79 Å². The minimum atomic E-state index is -0.0325. The van der Waals surface area contributed by atoms with Crippen molar-refractivity contribution in [3.05, 3.63) is 0 Å². The molecule has 0 radical (unpaired) electrons. The first-order valence-corrected chi connectivity index (χ1v) is 5.95. The van der Waals surface area contributed by atoms with Gasteiger partial charge in [0.1, 0.15) is 6.04 Å². The van der Waals surface area contributed by atoms with Crippen LogP contribution in [0.5, 0.6) is 0 Å². The molecule has 0 aromatic carbocycles. The monoisotopic (exact) mass is 212 g/mol. The SMILES string of the molecule is CCN(CC1CCCN1)C1CCOC1=O. The van der Waals surface area contributed by atoms with Gasteiger partial charge in [0, 0.05) is 19.0 Å². The summed E-state index contributed by atoms with van der Waals surface area (Å²) in [5, 5.41) is 3.47. The van der Waals surface area contributed by atoms with Gasteiger partial charge in [0.25, 0.3) is 0 Å². The summed E-state index contributed by atoms with van der Waals surface area (Å²) < 4.78 is 5.01. The standard InChI is InChI=1S/C11H20N2O2/c1-2-13(8-9-4-3-6-12-9)10-5-7-15-11(10)14/h9-10,12H,2-8H2,1H3. The van der Waals surface area contributed by atoms with Crippen molar-refractivity contribution < 1.29 is 9.53 Å². The Morgan fingerprint density at radius 3 is 2.93 bits per heavy atom. The van der Waals surface area contributed by atoms with Gasteiger partial charge in [-0.05, 0) is 25.9 Å². The highest BCUT2D eigenvalue weighted by Crippen LogP contribution is 2.16. The molecule has 0 aromatic rings. The van der Waals surface area contributed by atoms with Crippen molar-refractivity contribution in [3.8, 4) is 0 Å². The number of likely N-dealkylation sites (N-methyl/N-ethyl adjacent to an activating group) is 1. The third kappa shape index (κ3) is 2.49. The van der Waals surface area contributed by atoms with E-state index < -0.39 is 0 Å². The molecule has 2 heterocycles. The molecule has 0 saturated carbocycles. The van der Waals surface area contributed by atoms with E-state index in [1.165, 1.54) is 12.8 Å². The van der Waals surface area contributed by atoms with Crippen molar-refractivity contribution in [2.24, 2.45) is 0 Å². The minimum absolute atomic E-state index is 0.0115. The van der Waals surface area contributed by atoms with Crippen molar-refractivity contribution in [1.29, 1.82) is 0 Å². The predicted molar refractivity (Wildman–Crippen MR) is 57.6 cm³/mol. The van der Waals surface area contributed by atoms with Gasteiger partial charge in [0.05, 0.1) is 6.61 Å². The number of carbonyl (C=O) groups is 1. The highest BCUT2D eigenvalue weighted by atomic mass is 16.5. The van der Waals surface area contributed by atoms with Gasteiger partial charge in [-0.3, -0.25) is 9.69 Å². The Bertz CT molecular complexity index is 227. The first-order valence-electron chi connectivity index (χ1n) is 5.95. The van der Waals surface area contributed by atoms with Crippen LogP contribution in [0.3, 0.4) is 0 Å². The lowest BCUT2D eigenvalue weighted by Gasteiger charge is -2.27. The molecule has 86 valence electrons. The molecule has 0 aromatic heterocycles. The zero-order valence-electron chi connectivity index (χ0n) is 9.37. The van der Waals surface area contributed by atoms with Gasteiger partial charge < -0.3 is 10.1 Å². The second-order valence-electron chi connectivity index (χ2n) is 4.35. The summed E-state index contributed by atoms with van der Waals surface area (Å²) in [5.41, 5.74) is 0. The Kier molecular flexibility index (Phi) is 3.59. The lowest BCUT2D eigenvalue weighted by molar-refractivity contribution is -0.142. The molecule has 0 spiro atoms. The van der Waals surface area contributed by atoms with E-state index in [2.05, 4.69) is 17.1 Å². The summed E-state index contributed by atoms with van der Waals surface area (Å²) in [4.78, 5) is 13.7. The summed E-state index contributed by atoms with van der Waals surface area (Å²) in [6.45, 7) is 5.74. The quantitative estimate of drug-likeness (QED) is 0.684. The first-order chi connectivity index (χ1) is 7.31. The second kappa shape index (κ2) is 4.94. The number of ether oxygens (including phenoxy) is 1. The number of cyclic esters (lactones) is 1. The fourth-order valence-electron chi connectivity index (χ4n) is 2.49. The largest absolute Gasteiger partial charge is 0.464 e. The highest BCUT2D eigenvalue weighted by Gasteiger charge is 2.32. The summed E-state index contributed by atoms with van der Waals surface area (Å²) in [6, 6.07) is 0.579. The van der Waals surface area contributed by atoms with Gasteiger partial charge in [0.2, 0.25) is 0 Å². The smallest absolute Gasteiger partial charge is 0.323 e. The van der Waals surface area contributed by atoms with E-state index in [4.69, 9.17) is 4.74 Å². The van der Waals surface area contributed by atoms with Crippen molar-refractivity contribution in [3.63, 3.8) is 0 Å². The molecule has 2 saturated heterocycles. The Hall–Kier alpha value is -0.610. The van der Waals surface area contributed by atoms with E-state index in [1.54, 1.807) is 0 Å². The van der Waals surface area contributed by atoms with Gasteiger partial charge in [-0.2, -0.15) is 0 Å². The normalized spacial score (nSPS) is 31.2. The van der Waals surface area contributed by atoms with Crippen LogP contribution in [0.4, 0.5) is 0 Å². The van der Waals surface area contributed by atoms with Crippen LogP contribution >= 0.6 is 0 Å². The Labute approximate surface area is 91.0 Å². The van der Waals surface area contributed by atoms with Crippen molar-refractivity contribution >= 4 is 5.97 Å². The molecule has 2 rings (SSSR count). The summed E-state index contributed by atoms with van der Waals surface area (Å²) in [5.74, 6) is -0.0325. The van der Waals surface area contributed by atoms with E-state index in [0.29, 0.717) is 12.6 Å². The van der Waals surface area contributed by atoms with Gasteiger partial charge in [0.15, 0.2) is 0 Å². The molecule has 1 N–H and O–H groups in total. The zero-order chi connectivity index (χ0) is 10.7. The third-order valence-corrected chi connectivity index (χ3v) is 3.37. The van der Waals surface area contributed by atoms with Crippen LogP contribution in [-0.4, -0.2) is 49.2 Å². The predicted octanol–water partition coefficient (Wildman–Crippen LogP) is 0.376. The highest BCUT2D eigenvalue weighted by molar-refractivity contribution is 5.77. The number of rotatable bonds is 4. The Balaban J connectivity index is 1.88. The van der Waals surface area contributed by atoms with Crippen LogP contribution in [0.2, 0.25) is 0 Å². The third-order valence-electron chi connectivity index (χ3n) is 3.37. The first kappa shape index (κ1) is 10.9. The van der Waals surface area contributed by atoms with Gasteiger partial charge in [-0.15, -0.1) is 0 Å². The van der Waals surface area contributed by atoms with E-state index in [-0.39, 0.29) is 12.0 Å². The average Bonchev–Trinajstić information content (AvgIpc) is 2.85. The number of carbonyl (C=O) groups excluding carboxylic acids is 1. The van der Waals surface area contributed by atoms with Crippen LogP contribution in [0.15, 0.2) is 0 Å². The number of nitrogens with one attached hydrogen (secondary N) is 1. The topological polar surface area (TPSA) is 41.6 Å². The molecule has 2 fully saturated rings. The molecule has 0 bridgehead atoms. The summed E-state index contributed by atoms with van der Waals surface area (Å²) in [7, 11) is 0. The van der Waals surface area contributed by atoms with Gasteiger partial charge in [-0.25, -0.2) is 0 Å². The molecule has 4 heteroatoms. The molecule has 2 atom stereocenters. The van der Waals surface area contributed by atoms with E-state index >= 15 is 0 Å². The molecule has 4 nitrogen and oxygen atoms in total. The second-order valence-corrected chi connectivity index (χ2v) is 4.35. The average molecular weight is 212 g/mol. The Morgan fingerprint density at radius 2 is 2.40 bits per heavy atom. The van der Waals surface area contributed by atoms with Crippen LogP contribution in [0.25, 0.3) is 0 Å². The summed E-state index contributed by atoms with van der Waals surface area (Å²) >= 11 is 0. The van der Waals surface area contributed by atoms with E-state index in [0.717, 1.165) is 26.1 Å². The molecule has 15 heavy (non-hydrogen) atoms. The fourth-order valence-corrected chi connectivity index (χ4v) is 2.49. The number of esters is 1. The van der Waals surface area contributed by atoms with Crippen LogP contribution < -0.4 is 5.32 Å². The van der Waals surface area contributed by atoms with Crippen LogP contribution in [-0.2, 0) is 9.53 Å². The van der Waals surface area contributed by atoms with Crippen molar-refractivity contribution in [2.75, 3.05) is 26.2 Å². The molecule has 0 aliphatic carbocycles. The number of hydrogen-bond acceptors (Lipinski definition) is 4. The summed E-state index contributed by atoms with van der Waals surface area (Å²) in [6.07, 6.45) is 3.36. The lowest BCUT2D eigenvalue weighted by atomic mass is 10.1. The molecule has 2 aliphatic heterocycles. The maximum atomic E-state index is 11.5. The van der Waals surface area contributed by atoms with Crippen molar-refractivity contribution in [1.82, 2.24) is 10.2 Å². The maximum absolute atomic E-state index is 11.5. The van der Waals surface area contributed by atoms with Crippen LogP contribution in [0, 0.1) is 0 Å². The molecular weight excluding hydrogens is 192 g/mol. The van der Waals surface area contributed by atoms with Crippen LogP contribution in [0.1, 0.15) is 26.2 Å². The van der Waals surface area contributed by atoms with Gasteiger partial charge in [-0.1, -0.05) is 6.92 Å². The molecular formula is C11H20N2O2. The lowest BCUT2D eigenvalue weighted by Crippen LogP contribution is -2.45. The Morgan fingerprint density at radius 1 is 1.53 bits per heavy atom. The molecule has 2 unspecified atom stereocenters. The molecule has 2 aliphatic rings. The maximum Gasteiger partial charge on any atom is 0.323 e. The minimum Gasteiger partial charge on any atom is -0.464 e.